The number of ether oxygens (including phenoxy) is 1. The Kier molecular flexibility index (Phi) is 7.61. The number of benzene rings is 2. The Morgan fingerprint density at radius 2 is 1.81 bits per heavy atom. The summed E-state index contributed by atoms with van der Waals surface area (Å²) in [5, 5.41) is 9.05. The highest BCUT2D eigenvalue weighted by atomic mass is 19.1. The molecule has 1 amide bonds. The maximum Gasteiger partial charge on any atom is 0.411 e. The number of amides is 1. The van der Waals surface area contributed by atoms with E-state index < -0.39 is 6.09 Å². The van der Waals surface area contributed by atoms with Gasteiger partial charge < -0.3 is 15.4 Å². The number of hydrogen-bond acceptors (Lipinski definition) is 3. The lowest BCUT2D eigenvalue weighted by atomic mass is 10.1. The van der Waals surface area contributed by atoms with Crippen molar-refractivity contribution < 1.29 is 13.9 Å². The second-order valence-electron chi connectivity index (χ2n) is 5.95. The van der Waals surface area contributed by atoms with Gasteiger partial charge in [-0.1, -0.05) is 24.3 Å². The van der Waals surface area contributed by atoms with E-state index in [1.165, 1.54) is 13.2 Å². The number of guanidine groups is 1. The summed E-state index contributed by atoms with van der Waals surface area (Å²) in [5.74, 6) is 0.467. The summed E-state index contributed by atoms with van der Waals surface area (Å²) in [6.45, 7) is 5.50. The van der Waals surface area contributed by atoms with Crippen molar-refractivity contribution in [2.75, 3.05) is 19.0 Å². The minimum Gasteiger partial charge on any atom is -0.453 e. The molecule has 0 aliphatic rings. The third kappa shape index (κ3) is 6.62. The molecule has 0 fully saturated rings. The number of rotatable bonds is 6. The highest BCUT2D eigenvalue weighted by Gasteiger charge is 2.03. The van der Waals surface area contributed by atoms with Crippen molar-refractivity contribution in [3.63, 3.8) is 0 Å². The van der Waals surface area contributed by atoms with Gasteiger partial charge in [0.05, 0.1) is 13.7 Å². The van der Waals surface area contributed by atoms with Gasteiger partial charge in [0.25, 0.3) is 0 Å². The summed E-state index contributed by atoms with van der Waals surface area (Å²) in [6.07, 6.45) is -0.501. The molecule has 0 aliphatic heterocycles. The standard InChI is InChI=1S/C20H25FN4O2/c1-4-22-19(24-13-16-7-10-18(21)14(2)11-16)23-12-15-5-8-17(9-6-15)25-20(26)27-3/h5-11H,4,12-13H2,1-3H3,(H,25,26)(H2,22,23,24). The Morgan fingerprint density at radius 1 is 1.11 bits per heavy atom. The van der Waals surface area contributed by atoms with Crippen molar-refractivity contribution in [2.24, 2.45) is 4.99 Å². The lowest BCUT2D eigenvalue weighted by Gasteiger charge is -2.12. The van der Waals surface area contributed by atoms with Crippen molar-refractivity contribution in [1.29, 1.82) is 0 Å². The topological polar surface area (TPSA) is 74.8 Å². The van der Waals surface area contributed by atoms with Gasteiger partial charge in [-0.05, 0) is 48.7 Å². The molecule has 0 saturated heterocycles. The predicted molar refractivity (Wildman–Crippen MR) is 105 cm³/mol. The first-order valence-electron chi connectivity index (χ1n) is 8.73. The average molecular weight is 372 g/mol. The second kappa shape index (κ2) is 10.2. The molecule has 0 aromatic heterocycles. The number of aliphatic imine (C=N–C) groups is 1. The van der Waals surface area contributed by atoms with Gasteiger partial charge in [-0.3, -0.25) is 5.32 Å². The summed E-state index contributed by atoms with van der Waals surface area (Å²) in [5.41, 5.74) is 3.26. The third-order valence-electron chi connectivity index (χ3n) is 3.83. The molecule has 0 saturated carbocycles. The number of carbonyl (C=O) groups is 1. The molecule has 3 N–H and O–H groups in total. The largest absolute Gasteiger partial charge is 0.453 e. The first-order chi connectivity index (χ1) is 13.0. The molecule has 2 aromatic carbocycles. The fraction of sp³-hybridized carbons (Fsp3) is 0.300. The van der Waals surface area contributed by atoms with Crippen LogP contribution in [-0.4, -0.2) is 25.7 Å². The highest BCUT2D eigenvalue weighted by molar-refractivity contribution is 5.84. The van der Waals surface area contributed by atoms with Crippen LogP contribution in [0.15, 0.2) is 47.5 Å². The molecule has 0 radical (unpaired) electrons. The Balaban J connectivity index is 1.94. The average Bonchev–Trinajstić information content (AvgIpc) is 2.67. The van der Waals surface area contributed by atoms with E-state index in [1.807, 2.05) is 19.1 Å². The van der Waals surface area contributed by atoms with E-state index in [2.05, 4.69) is 25.7 Å². The zero-order chi connectivity index (χ0) is 19.6. The molecular weight excluding hydrogens is 347 g/mol. The zero-order valence-electron chi connectivity index (χ0n) is 15.8. The fourth-order valence-corrected chi connectivity index (χ4v) is 2.38. The molecule has 7 heteroatoms. The molecule has 27 heavy (non-hydrogen) atoms. The Morgan fingerprint density at radius 3 is 2.44 bits per heavy atom. The second-order valence-corrected chi connectivity index (χ2v) is 5.95. The van der Waals surface area contributed by atoms with Crippen molar-refractivity contribution in [3.05, 3.63) is 65.0 Å². The van der Waals surface area contributed by atoms with Gasteiger partial charge in [0, 0.05) is 18.8 Å². The van der Waals surface area contributed by atoms with Crippen LogP contribution in [0.4, 0.5) is 14.9 Å². The molecule has 0 atom stereocenters. The Hall–Kier alpha value is -3.09. The summed E-state index contributed by atoms with van der Waals surface area (Å²) in [4.78, 5) is 15.7. The van der Waals surface area contributed by atoms with Gasteiger partial charge in [0.2, 0.25) is 0 Å². The summed E-state index contributed by atoms with van der Waals surface area (Å²) in [6, 6.07) is 12.4. The van der Waals surface area contributed by atoms with Gasteiger partial charge in [-0.15, -0.1) is 0 Å². The van der Waals surface area contributed by atoms with Crippen LogP contribution >= 0.6 is 0 Å². The van der Waals surface area contributed by atoms with Crippen molar-refractivity contribution in [1.82, 2.24) is 10.6 Å². The van der Waals surface area contributed by atoms with E-state index in [9.17, 15) is 9.18 Å². The molecular formula is C20H25FN4O2. The monoisotopic (exact) mass is 372 g/mol. The molecule has 144 valence electrons. The van der Waals surface area contributed by atoms with Crippen LogP contribution in [0.3, 0.4) is 0 Å². The number of anilines is 1. The van der Waals surface area contributed by atoms with Crippen LogP contribution < -0.4 is 16.0 Å². The van der Waals surface area contributed by atoms with Gasteiger partial charge in [0.1, 0.15) is 5.82 Å². The van der Waals surface area contributed by atoms with Crippen molar-refractivity contribution in [3.8, 4) is 0 Å². The molecule has 0 unspecified atom stereocenters. The molecule has 0 heterocycles. The SMILES string of the molecule is CCNC(=NCc1ccc(F)c(C)c1)NCc1ccc(NC(=O)OC)cc1. The van der Waals surface area contributed by atoms with Crippen molar-refractivity contribution in [2.45, 2.75) is 26.9 Å². The number of nitrogens with zero attached hydrogens (tertiary/aromatic N) is 1. The summed E-state index contributed by atoms with van der Waals surface area (Å²) >= 11 is 0. The number of carbonyl (C=O) groups excluding carboxylic acids is 1. The summed E-state index contributed by atoms with van der Waals surface area (Å²) in [7, 11) is 1.32. The molecule has 6 nitrogen and oxygen atoms in total. The van der Waals surface area contributed by atoms with Crippen LogP contribution in [0.25, 0.3) is 0 Å². The van der Waals surface area contributed by atoms with E-state index in [1.54, 1.807) is 31.2 Å². The van der Waals surface area contributed by atoms with Crippen LogP contribution in [0, 0.1) is 12.7 Å². The highest BCUT2D eigenvalue weighted by Crippen LogP contribution is 2.11. The van der Waals surface area contributed by atoms with Crippen LogP contribution in [0.1, 0.15) is 23.6 Å². The smallest absolute Gasteiger partial charge is 0.411 e. The number of halogens is 1. The molecule has 0 bridgehead atoms. The minimum absolute atomic E-state index is 0.210. The number of hydrogen-bond donors (Lipinski definition) is 3. The number of methoxy groups -OCH3 is 1. The predicted octanol–water partition coefficient (Wildman–Crippen LogP) is 3.57. The van der Waals surface area contributed by atoms with Crippen molar-refractivity contribution >= 4 is 17.7 Å². The molecule has 0 spiro atoms. The van der Waals surface area contributed by atoms with Gasteiger partial charge in [-0.2, -0.15) is 0 Å². The third-order valence-corrected chi connectivity index (χ3v) is 3.83. The summed E-state index contributed by atoms with van der Waals surface area (Å²) < 4.78 is 17.9. The normalized spacial score (nSPS) is 11.0. The Labute approximate surface area is 158 Å². The lowest BCUT2D eigenvalue weighted by molar-refractivity contribution is 0.187. The Bertz CT molecular complexity index is 791. The van der Waals surface area contributed by atoms with Gasteiger partial charge >= 0.3 is 6.09 Å². The maximum atomic E-state index is 13.4. The molecule has 2 aromatic rings. The maximum absolute atomic E-state index is 13.4. The number of aryl methyl sites for hydroxylation is 1. The first-order valence-corrected chi connectivity index (χ1v) is 8.73. The molecule has 2 rings (SSSR count). The van der Waals surface area contributed by atoms with E-state index in [0.717, 1.165) is 17.7 Å². The van der Waals surface area contributed by atoms with E-state index in [-0.39, 0.29) is 5.82 Å². The number of nitrogens with one attached hydrogen (secondary N) is 3. The minimum atomic E-state index is -0.501. The fourth-order valence-electron chi connectivity index (χ4n) is 2.38. The van der Waals surface area contributed by atoms with Gasteiger partial charge in [0.15, 0.2) is 5.96 Å². The lowest BCUT2D eigenvalue weighted by Crippen LogP contribution is -2.36. The van der Waals surface area contributed by atoms with E-state index in [4.69, 9.17) is 0 Å². The zero-order valence-corrected chi connectivity index (χ0v) is 15.8. The van der Waals surface area contributed by atoms with Gasteiger partial charge in [-0.25, -0.2) is 14.2 Å². The van der Waals surface area contributed by atoms with Crippen LogP contribution in [-0.2, 0) is 17.8 Å². The quantitative estimate of drug-likeness (QED) is 0.535. The van der Waals surface area contributed by atoms with Crippen LogP contribution in [0.2, 0.25) is 0 Å². The van der Waals surface area contributed by atoms with E-state index in [0.29, 0.717) is 30.3 Å². The van der Waals surface area contributed by atoms with E-state index >= 15 is 0 Å². The first kappa shape index (κ1) is 20.2. The molecule has 0 aliphatic carbocycles. The van der Waals surface area contributed by atoms with Crippen LogP contribution in [0.5, 0.6) is 0 Å².